The highest BCUT2D eigenvalue weighted by Gasteiger charge is 2.53. The second kappa shape index (κ2) is 4.64. The molecule has 1 atom stereocenters. The summed E-state index contributed by atoms with van der Waals surface area (Å²) >= 11 is 0. The van der Waals surface area contributed by atoms with Gasteiger partial charge in [0.25, 0.3) is 0 Å². The number of rotatable bonds is 4. The van der Waals surface area contributed by atoms with E-state index in [1.807, 2.05) is 0 Å². The van der Waals surface area contributed by atoms with Crippen LogP contribution in [0.3, 0.4) is 0 Å². The van der Waals surface area contributed by atoms with Crippen molar-refractivity contribution in [3.63, 3.8) is 0 Å². The summed E-state index contributed by atoms with van der Waals surface area (Å²) in [7, 11) is 0. The summed E-state index contributed by atoms with van der Waals surface area (Å²) in [6.45, 7) is 0. The van der Waals surface area contributed by atoms with Crippen molar-refractivity contribution in [3.8, 4) is 0 Å². The Hall–Kier alpha value is -0.250. The first-order chi connectivity index (χ1) is 8.86. The highest BCUT2D eigenvalue weighted by Crippen LogP contribution is 2.61. The summed E-state index contributed by atoms with van der Waals surface area (Å²) in [5, 5.41) is 10.4. The molecule has 4 rings (SSSR count). The van der Waals surface area contributed by atoms with Crippen molar-refractivity contribution in [2.45, 2.75) is 70.1 Å². The number of hydrogen-bond acceptors (Lipinski definition) is 1. The van der Waals surface area contributed by atoms with Crippen LogP contribution < -0.4 is 0 Å². The summed E-state index contributed by atoms with van der Waals surface area (Å²) in [5.41, 5.74) is -0.0274. The van der Waals surface area contributed by atoms with Gasteiger partial charge in [-0.3, -0.25) is 0 Å². The lowest BCUT2D eigenvalue weighted by molar-refractivity contribution is -0.144. The van der Waals surface area contributed by atoms with E-state index in [0.29, 0.717) is 6.42 Å². The molecule has 4 aliphatic rings. The van der Waals surface area contributed by atoms with Gasteiger partial charge >= 0.3 is 6.18 Å². The summed E-state index contributed by atoms with van der Waals surface area (Å²) in [6, 6.07) is 0. The van der Waals surface area contributed by atoms with Gasteiger partial charge in [-0.05, 0) is 74.5 Å². The highest BCUT2D eigenvalue weighted by atomic mass is 19.4. The number of halogens is 3. The maximum Gasteiger partial charge on any atom is 0.389 e. The van der Waals surface area contributed by atoms with Gasteiger partial charge in [0.05, 0.1) is 6.10 Å². The van der Waals surface area contributed by atoms with Crippen LogP contribution in [-0.4, -0.2) is 17.4 Å². The number of hydrogen-bond donors (Lipinski definition) is 1. The molecule has 110 valence electrons. The minimum Gasteiger partial charge on any atom is -0.393 e. The van der Waals surface area contributed by atoms with Gasteiger partial charge in [-0.15, -0.1) is 0 Å². The molecule has 4 saturated carbocycles. The molecule has 4 bridgehead atoms. The van der Waals surface area contributed by atoms with Crippen molar-refractivity contribution in [2.75, 3.05) is 0 Å². The van der Waals surface area contributed by atoms with E-state index in [4.69, 9.17) is 0 Å². The number of alkyl halides is 3. The van der Waals surface area contributed by atoms with Crippen LogP contribution in [-0.2, 0) is 0 Å². The standard InChI is InChI=1S/C15H23F3O/c16-15(17,18)3-1-2-13(19)14-7-10-4-11(8-14)6-12(5-10)9-14/h10-13,19H,1-9H2. The molecule has 4 fully saturated rings. The minimum atomic E-state index is -4.08. The van der Waals surface area contributed by atoms with Gasteiger partial charge in [0.15, 0.2) is 0 Å². The first-order valence-corrected chi connectivity index (χ1v) is 7.61. The third-order valence-corrected chi connectivity index (χ3v) is 5.73. The van der Waals surface area contributed by atoms with Crippen LogP contribution in [0.5, 0.6) is 0 Å². The van der Waals surface area contributed by atoms with Crippen LogP contribution in [0.2, 0.25) is 0 Å². The van der Waals surface area contributed by atoms with Crippen LogP contribution in [0.15, 0.2) is 0 Å². The summed E-state index contributed by atoms with van der Waals surface area (Å²) in [4.78, 5) is 0. The monoisotopic (exact) mass is 276 g/mol. The normalized spacial score (nSPS) is 42.6. The Morgan fingerprint density at radius 3 is 1.89 bits per heavy atom. The third kappa shape index (κ3) is 2.79. The molecule has 4 heteroatoms. The molecule has 0 heterocycles. The van der Waals surface area contributed by atoms with E-state index in [9.17, 15) is 18.3 Å². The van der Waals surface area contributed by atoms with Crippen LogP contribution >= 0.6 is 0 Å². The molecule has 1 unspecified atom stereocenters. The lowest BCUT2D eigenvalue weighted by Gasteiger charge is -2.58. The lowest BCUT2D eigenvalue weighted by atomic mass is 9.48. The fourth-order valence-corrected chi connectivity index (χ4v) is 5.39. The van der Waals surface area contributed by atoms with Gasteiger partial charge in [-0.1, -0.05) is 0 Å². The predicted octanol–water partition coefficient (Wildman–Crippen LogP) is 4.30. The van der Waals surface area contributed by atoms with Crippen LogP contribution in [0.25, 0.3) is 0 Å². The van der Waals surface area contributed by atoms with E-state index in [0.717, 1.165) is 37.0 Å². The van der Waals surface area contributed by atoms with E-state index < -0.39 is 18.7 Å². The van der Waals surface area contributed by atoms with Gasteiger partial charge in [0, 0.05) is 6.42 Å². The highest BCUT2D eigenvalue weighted by molar-refractivity contribution is 5.04. The molecule has 0 aromatic heterocycles. The quantitative estimate of drug-likeness (QED) is 0.812. The van der Waals surface area contributed by atoms with Gasteiger partial charge in [0.1, 0.15) is 0 Å². The van der Waals surface area contributed by atoms with E-state index in [1.54, 1.807) is 0 Å². The van der Waals surface area contributed by atoms with Crippen molar-refractivity contribution in [2.24, 2.45) is 23.2 Å². The fourth-order valence-electron chi connectivity index (χ4n) is 5.39. The molecule has 1 nitrogen and oxygen atoms in total. The molecule has 0 aromatic carbocycles. The minimum absolute atomic E-state index is 0.0274. The molecule has 4 aliphatic carbocycles. The van der Waals surface area contributed by atoms with Crippen LogP contribution in [0.4, 0.5) is 13.2 Å². The molecule has 19 heavy (non-hydrogen) atoms. The smallest absolute Gasteiger partial charge is 0.389 e. The first kappa shape index (κ1) is 13.7. The summed E-state index contributed by atoms with van der Waals surface area (Å²) in [5.74, 6) is 2.22. The molecular weight excluding hydrogens is 253 g/mol. The summed E-state index contributed by atoms with van der Waals surface area (Å²) < 4.78 is 36.6. The van der Waals surface area contributed by atoms with Crippen molar-refractivity contribution in [1.29, 1.82) is 0 Å². The van der Waals surface area contributed by atoms with Crippen molar-refractivity contribution in [1.82, 2.24) is 0 Å². The SMILES string of the molecule is OC(CCCC(F)(F)F)C12CC3CC(CC(C3)C1)C2. The Morgan fingerprint density at radius 1 is 1.00 bits per heavy atom. The topological polar surface area (TPSA) is 20.2 Å². The molecule has 0 spiro atoms. The maximum absolute atomic E-state index is 12.2. The van der Waals surface area contributed by atoms with Crippen molar-refractivity contribution < 1.29 is 18.3 Å². The zero-order valence-corrected chi connectivity index (χ0v) is 11.3. The van der Waals surface area contributed by atoms with Gasteiger partial charge in [-0.2, -0.15) is 13.2 Å². The van der Waals surface area contributed by atoms with E-state index >= 15 is 0 Å². The Morgan fingerprint density at radius 2 is 1.47 bits per heavy atom. The molecule has 1 N–H and O–H groups in total. The first-order valence-electron chi connectivity index (χ1n) is 7.61. The summed E-state index contributed by atoms with van der Waals surface area (Å²) in [6.07, 6.45) is 2.14. The Labute approximate surface area is 112 Å². The molecule has 0 saturated heterocycles. The number of aliphatic hydroxyl groups excluding tert-OH is 1. The molecule has 0 amide bonds. The second-order valence-corrected chi connectivity index (χ2v) is 7.30. The average molecular weight is 276 g/mol. The van der Waals surface area contributed by atoms with Crippen molar-refractivity contribution in [3.05, 3.63) is 0 Å². The van der Waals surface area contributed by atoms with Crippen LogP contribution in [0.1, 0.15) is 57.8 Å². The fraction of sp³-hybridized carbons (Fsp3) is 1.00. The van der Waals surface area contributed by atoms with E-state index in [2.05, 4.69) is 0 Å². The Bertz CT molecular complexity index is 301. The zero-order valence-electron chi connectivity index (χ0n) is 11.3. The maximum atomic E-state index is 12.2. The predicted molar refractivity (Wildman–Crippen MR) is 66.5 cm³/mol. The Kier molecular flexibility index (Phi) is 3.35. The van der Waals surface area contributed by atoms with Crippen molar-refractivity contribution >= 4 is 0 Å². The zero-order chi connectivity index (χ0) is 13.7. The van der Waals surface area contributed by atoms with E-state index in [-0.39, 0.29) is 11.8 Å². The molecule has 0 aromatic rings. The average Bonchev–Trinajstić information content (AvgIpc) is 2.25. The van der Waals surface area contributed by atoms with Gasteiger partial charge in [-0.25, -0.2) is 0 Å². The van der Waals surface area contributed by atoms with Crippen LogP contribution in [0, 0.1) is 23.2 Å². The molecule has 0 aliphatic heterocycles. The third-order valence-electron chi connectivity index (χ3n) is 5.73. The number of aliphatic hydroxyl groups is 1. The lowest BCUT2D eigenvalue weighted by Crippen LogP contribution is -2.51. The second-order valence-electron chi connectivity index (χ2n) is 7.30. The Balaban J connectivity index is 1.58. The van der Waals surface area contributed by atoms with Gasteiger partial charge < -0.3 is 5.11 Å². The van der Waals surface area contributed by atoms with E-state index in [1.165, 1.54) is 19.3 Å². The molecule has 0 radical (unpaired) electrons. The van der Waals surface area contributed by atoms with Gasteiger partial charge in [0.2, 0.25) is 0 Å². The largest absolute Gasteiger partial charge is 0.393 e. The molecular formula is C15H23F3O.